The monoisotopic (exact) mass is 400 g/mol. The van der Waals surface area contributed by atoms with Gasteiger partial charge in [0.2, 0.25) is 0 Å². The van der Waals surface area contributed by atoms with E-state index in [1.54, 1.807) is 18.0 Å². The van der Waals surface area contributed by atoms with Crippen molar-refractivity contribution in [3.8, 4) is 11.3 Å². The maximum Gasteiger partial charge on any atom is 0.132 e. The number of aromatic nitrogens is 1. The molecule has 1 atom stereocenters. The van der Waals surface area contributed by atoms with Crippen LogP contribution in [0.2, 0.25) is 5.02 Å². The highest BCUT2D eigenvalue weighted by Gasteiger charge is 2.41. The summed E-state index contributed by atoms with van der Waals surface area (Å²) in [5, 5.41) is 4.11. The molecule has 0 fully saturated rings. The standard InChI is InChI=1S/C22H22ClFN2S/c1-22(2)12-19(25-3)17-13-26(27-15-8-6-7-14(23)11-15)21(20(17)22)16-9-4-5-10-18(16)24/h4-11,13,19,25H,12H2,1-3H3. The molecule has 0 saturated carbocycles. The summed E-state index contributed by atoms with van der Waals surface area (Å²) in [4.78, 5) is 1.02. The summed E-state index contributed by atoms with van der Waals surface area (Å²) >= 11 is 7.73. The molecule has 0 spiro atoms. The van der Waals surface area contributed by atoms with Gasteiger partial charge in [0.05, 0.1) is 5.69 Å². The Morgan fingerprint density at radius 3 is 2.67 bits per heavy atom. The van der Waals surface area contributed by atoms with Crippen LogP contribution in [0.4, 0.5) is 4.39 Å². The summed E-state index contributed by atoms with van der Waals surface area (Å²) < 4.78 is 16.9. The van der Waals surface area contributed by atoms with Crippen molar-refractivity contribution in [2.24, 2.45) is 0 Å². The molecule has 0 radical (unpaired) electrons. The van der Waals surface area contributed by atoms with Crippen LogP contribution in [0.1, 0.15) is 37.4 Å². The smallest absolute Gasteiger partial charge is 0.132 e. The average molecular weight is 401 g/mol. The second-order valence-electron chi connectivity index (χ2n) is 7.59. The average Bonchev–Trinajstić information content (AvgIpc) is 3.11. The van der Waals surface area contributed by atoms with Gasteiger partial charge in [0, 0.05) is 27.7 Å². The van der Waals surface area contributed by atoms with Gasteiger partial charge < -0.3 is 5.32 Å². The molecule has 27 heavy (non-hydrogen) atoms. The van der Waals surface area contributed by atoms with Crippen molar-refractivity contribution in [1.29, 1.82) is 0 Å². The molecule has 1 aromatic heterocycles. The van der Waals surface area contributed by atoms with Gasteiger partial charge in [-0.2, -0.15) is 0 Å². The first-order valence-electron chi connectivity index (χ1n) is 9.02. The quantitative estimate of drug-likeness (QED) is 0.542. The predicted octanol–water partition coefficient (Wildman–Crippen LogP) is 6.44. The Labute approximate surface area is 168 Å². The maximum absolute atomic E-state index is 14.8. The highest BCUT2D eigenvalue weighted by atomic mass is 35.5. The van der Waals surface area contributed by atoms with Crippen molar-refractivity contribution in [3.05, 3.63) is 76.7 Å². The van der Waals surface area contributed by atoms with Gasteiger partial charge in [-0.05, 0) is 72.3 Å². The Bertz CT molecular complexity index is 996. The molecule has 1 heterocycles. The van der Waals surface area contributed by atoms with E-state index in [0.717, 1.165) is 17.0 Å². The van der Waals surface area contributed by atoms with Crippen LogP contribution in [0, 0.1) is 5.82 Å². The van der Waals surface area contributed by atoms with Crippen molar-refractivity contribution in [3.63, 3.8) is 0 Å². The molecular formula is C22H22ClFN2S. The Kier molecular flexibility index (Phi) is 4.83. The summed E-state index contributed by atoms with van der Waals surface area (Å²) in [5.74, 6) is -0.199. The summed E-state index contributed by atoms with van der Waals surface area (Å²) in [6.07, 6.45) is 3.15. The SMILES string of the molecule is CNC1CC(C)(C)c2c1cn(Sc1cccc(Cl)c1)c2-c1ccccc1F. The first kappa shape index (κ1) is 18.6. The van der Waals surface area contributed by atoms with E-state index in [2.05, 4.69) is 29.3 Å². The molecule has 4 rings (SSSR count). The van der Waals surface area contributed by atoms with Crippen molar-refractivity contribution in [2.45, 2.75) is 36.6 Å². The normalized spacial score (nSPS) is 17.9. The van der Waals surface area contributed by atoms with E-state index < -0.39 is 0 Å². The molecule has 1 unspecified atom stereocenters. The highest BCUT2D eigenvalue weighted by molar-refractivity contribution is 7.98. The van der Waals surface area contributed by atoms with Crippen LogP contribution in [0.5, 0.6) is 0 Å². The van der Waals surface area contributed by atoms with Gasteiger partial charge in [-0.1, -0.05) is 43.6 Å². The number of fused-ring (bicyclic) bond motifs is 1. The minimum atomic E-state index is -0.199. The third kappa shape index (κ3) is 3.31. The zero-order valence-corrected chi connectivity index (χ0v) is 17.2. The number of benzene rings is 2. The lowest BCUT2D eigenvalue weighted by molar-refractivity contribution is 0.445. The van der Waals surface area contributed by atoms with Crippen LogP contribution in [-0.2, 0) is 5.41 Å². The number of hydrogen-bond acceptors (Lipinski definition) is 2. The second-order valence-corrected chi connectivity index (χ2v) is 9.08. The summed E-state index contributed by atoms with van der Waals surface area (Å²) in [7, 11) is 1.99. The molecule has 0 saturated heterocycles. The molecule has 1 aliphatic rings. The minimum Gasteiger partial charge on any atom is -0.313 e. The molecule has 0 amide bonds. The van der Waals surface area contributed by atoms with Gasteiger partial charge in [-0.3, -0.25) is 3.97 Å². The number of nitrogens with zero attached hydrogens (tertiary/aromatic N) is 1. The lowest BCUT2D eigenvalue weighted by Crippen LogP contribution is -2.19. The van der Waals surface area contributed by atoms with Crippen molar-refractivity contribution >= 4 is 23.5 Å². The molecule has 0 aliphatic heterocycles. The molecular weight excluding hydrogens is 379 g/mol. The van der Waals surface area contributed by atoms with E-state index in [1.807, 2.05) is 43.4 Å². The van der Waals surface area contributed by atoms with Gasteiger partial charge in [0.25, 0.3) is 0 Å². The second kappa shape index (κ2) is 7.01. The Morgan fingerprint density at radius 1 is 1.19 bits per heavy atom. The van der Waals surface area contributed by atoms with E-state index in [4.69, 9.17) is 11.6 Å². The Morgan fingerprint density at radius 2 is 1.96 bits per heavy atom. The van der Waals surface area contributed by atoms with E-state index in [1.165, 1.54) is 17.2 Å². The number of halogens is 2. The zero-order valence-electron chi connectivity index (χ0n) is 15.6. The summed E-state index contributed by atoms with van der Waals surface area (Å²) in [6, 6.07) is 15.0. The number of hydrogen-bond donors (Lipinski definition) is 1. The molecule has 1 N–H and O–H groups in total. The Hall–Kier alpha value is -1.75. The first-order valence-corrected chi connectivity index (χ1v) is 10.2. The van der Waals surface area contributed by atoms with E-state index in [0.29, 0.717) is 10.6 Å². The van der Waals surface area contributed by atoms with Gasteiger partial charge in [0.1, 0.15) is 5.82 Å². The molecule has 3 aromatic rings. The first-order chi connectivity index (χ1) is 12.9. The molecule has 5 heteroatoms. The van der Waals surface area contributed by atoms with Gasteiger partial charge in [-0.15, -0.1) is 0 Å². The predicted molar refractivity (Wildman–Crippen MR) is 112 cm³/mol. The van der Waals surface area contributed by atoms with Crippen molar-refractivity contribution in [2.75, 3.05) is 7.05 Å². The molecule has 2 nitrogen and oxygen atoms in total. The van der Waals surface area contributed by atoms with Crippen LogP contribution >= 0.6 is 23.5 Å². The Balaban J connectivity index is 1.93. The molecule has 0 bridgehead atoms. The molecule has 140 valence electrons. The largest absolute Gasteiger partial charge is 0.313 e. The third-order valence-corrected chi connectivity index (χ3v) is 6.43. The number of rotatable bonds is 4. The minimum absolute atomic E-state index is 0.0409. The lowest BCUT2D eigenvalue weighted by atomic mass is 9.84. The van der Waals surface area contributed by atoms with Gasteiger partial charge in [-0.25, -0.2) is 4.39 Å². The third-order valence-electron chi connectivity index (χ3n) is 5.25. The van der Waals surface area contributed by atoms with Crippen LogP contribution in [0.3, 0.4) is 0 Å². The summed E-state index contributed by atoms with van der Waals surface area (Å²) in [6.45, 7) is 4.48. The van der Waals surface area contributed by atoms with E-state index in [9.17, 15) is 4.39 Å². The molecule has 1 aliphatic carbocycles. The fourth-order valence-electron chi connectivity index (χ4n) is 4.07. The van der Waals surface area contributed by atoms with Gasteiger partial charge in [0.15, 0.2) is 0 Å². The lowest BCUT2D eigenvalue weighted by Gasteiger charge is -2.23. The maximum atomic E-state index is 14.8. The molecule has 2 aromatic carbocycles. The highest BCUT2D eigenvalue weighted by Crippen LogP contribution is 2.51. The van der Waals surface area contributed by atoms with Crippen molar-refractivity contribution < 1.29 is 4.39 Å². The summed E-state index contributed by atoms with van der Waals surface area (Å²) in [5.41, 5.74) is 4.01. The van der Waals surface area contributed by atoms with Crippen LogP contribution in [-0.4, -0.2) is 11.0 Å². The van der Waals surface area contributed by atoms with Crippen LogP contribution in [0.25, 0.3) is 11.3 Å². The fraction of sp³-hybridized carbons (Fsp3) is 0.273. The van der Waals surface area contributed by atoms with E-state index >= 15 is 0 Å². The zero-order chi connectivity index (χ0) is 19.2. The van der Waals surface area contributed by atoms with Crippen molar-refractivity contribution in [1.82, 2.24) is 9.29 Å². The van der Waals surface area contributed by atoms with Crippen LogP contribution < -0.4 is 5.32 Å². The van der Waals surface area contributed by atoms with E-state index in [-0.39, 0.29) is 17.3 Å². The topological polar surface area (TPSA) is 17.0 Å². The van der Waals surface area contributed by atoms with Crippen LogP contribution in [0.15, 0.2) is 59.6 Å². The fourth-order valence-corrected chi connectivity index (χ4v) is 5.32. The number of nitrogens with one attached hydrogen (secondary N) is 1. The van der Waals surface area contributed by atoms with Gasteiger partial charge >= 0.3 is 0 Å².